The fourth-order valence-corrected chi connectivity index (χ4v) is 4.20. The van der Waals surface area contributed by atoms with Crippen molar-refractivity contribution in [1.82, 2.24) is 5.32 Å². The van der Waals surface area contributed by atoms with Gasteiger partial charge >= 0.3 is 5.97 Å². The Morgan fingerprint density at radius 1 is 1.35 bits per heavy atom. The number of aliphatic hydroxyl groups is 1. The first-order chi connectivity index (χ1) is 8.03. The highest BCUT2D eigenvalue weighted by atomic mass is 32.2. The van der Waals surface area contributed by atoms with Crippen LogP contribution in [0.2, 0.25) is 0 Å². The minimum atomic E-state index is -0.798. The van der Waals surface area contributed by atoms with Gasteiger partial charge in [0, 0.05) is 17.7 Å². The molecule has 0 aromatic rings. The third-order valence-corrected chi connectivity index (χ3v) is 5.62. The zero-order chi connectivity index (χ0) is 12.2. The van der Waals surface area contributed by atoms with Crippen LogP contribution < -0.4 is 5.32 Å². The van der Waals surface area contributed by atoms with Gasteiger partial charge in [-0.25, -0.2) is 0 Å². The summed E-state index contributed by atoms with van der Waals surface area (Å²) in [4.78, 5) is 22.8. The van der Waals surface area contributed by atoms with Crippen LogP contribution in [0.25, 0.3) is 0 Å². The Hall–Kier alpha value is -0.750. The van der Waals surface area contributed by atoms with Crippen LogP contribution in [0.4, 0.5) is 0 Å². The summed E-state index contributed by atoms with van der Waals surface area (Å²) >= 11 is 1.39. The van der Waals surface area contributed by atoms with Gasteiger partial charge < -0.3 is 15.5 Å². The van der Waals surface area contributed by atoms with Crippen molar-refractivity contribution in [2.45, 2.75) is 36.7 Å². The summed E-state index contributed by atoms with van der Waals surface area (Å²) < 4.78 is 0. The average Bonchev–Trinajstić information content (AvgIpc) is 2.67. The molecule has 1 aliphatic heterocycles. The molecule has 1 amide bonds. The highest BCUT2D eigenvalue weighted by molar-refractivity contribution is 8.00. The quantitative estimate of drug-likeness (QED) is 0.653. The van der Waals surface area contributed by atoms with Crippen molar-refractivity contribution in [2.24, 2.45) is 11.3 Å². The number of carboxylic acid groups (broad SMARTS) is 1. The van der Waals surface area contributed by atoms with E-state index >= 15 is 0 Å². The van der Waals surface area contributed by atoms with Crippen LogP contribution in [0.15, 0.2) is 0 Å². The van der Waals surface area contributed by atoms with E-state index in [0.717, 1.165) is 6.42 Å². The Balaban J connectivity index is 1.52. The van der Waals surface area contributed by atoms with Crippen LogP contribution >= 0.6 is 11.8 Å². The van der Waals surface area contributed by atoms with E-state index in [2.05, 4.69) is 5.32 Å². The largest absolute Gasteiger partial charge is 0.480 e. The Morgan fingerprint density at radius 2 is 2.12 bits per heavy atom. The highest BCUT2D eigenvalue weighted by Gasteiger charge is 2.71. The number of aliphatic hydroxyl groups excluding tert-OH is 1. The van der Waals surface area contributed by atoms with Gasteiger partial charge in [0.2, 0.25) is 5.91 Å². The van der Waals surface area contributed by atoms with E-state index in [0.29, 0.717) is 18.6 Å². The van der Waals surface area contributed by atoms with Crippen molar-refractivity contribution in [3.63, 3.8) is 0 Å². The molecule has 3 fully saturated rings. The molecular formula is C11H15NO4S. The van der Waals surface area contributed by atoms with Crippen molar-refractivity contribution in [2.75, 3.05) is 5.75 Å². The third kappa shape index (κ3) is 1.65. The molecule has 0 radical (unpaired) electrons. The fourth-order valence-electron chi connectivity index (χ4n) is 3.01. The second kappa shape index (κ2) is 3.62. The second-order valence-corrected chi connectivity index (χ2v) is 6.54. The van der Waals surface area contributed by atoms with E-state index in [1.165, 1.54) is 11.8 Å². The van der Waals surface area contributed by atoms with Crippen molar-refractivity contribution in [1.29, 1.82) is 0 Å². The van der Waals surface area contributed by atoms with Crippen molar-refractivity contribution >= 4 is 23.6 Å². The molecule has 1 heterocycles. The van der Waals surface area contributed by atoms with Gasteiger partial charge in [0.25, 0.3) is 0 Å². The highest BCUT2D eigenvalue weighted by Crippen LogP contribution is 2.67. The van der Waals surface area contributed by atoms with Gasteiger partial charge in [-0.1, -0.05) is 0 Å². The summed E-state index contributed by atoms with van der Waals surface area (Å²) in [5, 5.41) is 20.8. The number of carbonyl (C=O) groups is 2. The predicted molar refractivity (Wildman–Crippen MR) is 61.6 cm³/mol. The summed E-state index contributed by atoms with van der Waals surface area (Å²) in [5.74, 6) is 0.0518. The van der Waals surface area contributed by atoms with E-state index in [4.69, 9.17) is 5.11 Å². The van der Waals surface area contributed by atoms with Crippen LogP contribution in [0.5, 0.6) is 0 Å². The fraction of sp³-hybridized carbons (Fsp3) is 0.818. The van der Waals surface area contributed by atoms with E-state index in [1.54, 1.807) is 0 Å². The Kier molecular flexibility index (Phi) is 2.42. The van der Waals surface area contributed by atoms with Gasteiger partial charge in [-0.3, -0.25) is 9.59 Å². The molecule has 0 aromatic carbocycles. The molecule has 0 aromatic heterocycles. The number of aliphatic carboxylic acids is 1. The number of nitrogens with one attached hydrogen (secondary N) is 1. The predicted octanol–water partition coefficient (Wildman–Crippen LogP) is -0.168. The normalized spacial score (nSPS) is 46.9. The first-order valence-corrected chi connectivity index (χ1v) is 6.91. The summed E-state index contributed by atoms with van der Waals surface area (Å²) in [6.45, 7) is 0. The molecule has 5 nitrogen and oxygen atoms in total. The molecule has 0 spiro atoms. The lowest BCUT2D eigenvalue weighted by Crippen LogP contribution is -2.47. The van der Waals surface area contributed by atoms with Crippen LogP contribution in [0, 0.1) is 11.3 Å². The molecule has 1 saturated heterocycles. The SMILES string of the molecule is O=C(O)[C@@H]1C[C@H](NC(=O)[C@]23C[C@@H](O)[C@H]2C3)CS1. The number of hydrogen-bond donors (Lipinski definition) is 3. The maximum Gasteiger partial charge on any atom is 0.316 e. The molecule has 6 heteroatoms. The molecule has 2 saturated carbocycles. The summed E-state index contributed by atoms with van der Waals surface area (Å²) in [6.07, 6.45) is 1.58. The molecule has 3 N–H and O–H groups in total. The number of thioether (sulfide) groups is 1. The van der Waals surface area contributed by atoms with Gasteiger partial charge in [-0.15, -0.1) is 11.8 Å². The van der Waals surface area contributed by atoms with Gasteiger partial charge in [0.05, 0.1) is 11.5 Å². The molecule has 3 aliphatic rings. The molecule has 2 aliphatic carbocycles. The lowest BCUT2D eigenvalue weighted by molar-refractivity contribution is -0.137. The van der Waals surface area contributed by atoms with E-state index < -0.39 is 5.97 Å². The maximum atomic E-state index is 12.0. The van der Waals surface area contributed by atoms with Crippen LogP contribution in [0.3, 0.4) is 0 Å². The van der Waals surface area contributed by atoms with Crippen LogP contribution in [-0.4, -0.2) is 45.2 Å². The standard InChI is InChI=1S/C11H15NO4S/c13-7-3-11(2-6(7)11)10(16)12-5-1-8(9(14)15)17-4-5/h5-8,13H,1-4H2,(H,12,16)(H,14,15)/t5-,6+,7+,8-,11+/m0/s1. The molecule has 94 valence electrons. The molecule has 5 atom stereocenters. The number of amides is 1. The molecule has 17 heavy (non-hydrogen) atoms. The monoisotopic (exact) mass is 257 g/mol. The topological polar surface area (TPSA) is 86.6 Å². The lowest BCUT2D eigenvalue weighted by Gasteiger charge is -2.30. The van der Waals surface area contributed by atoms with Crippen LogP contribution in [-0.2, 0) is 9.59 Å². The molecule has 0 unspecified atom stereocenters. The lowest BCUT2D eigenvalue weighted by atomic mass is 9.81. The zero-order valence-electron chi connectivity index (χ0n) is 9.26. The Morgan fingerprint density at radius 3 is 2.59 bits per heavy atom. The summed E-state index contributed by atoms with van der Waals surface area (Å²) in [6, 6.07) is -0.0260. The van der Waals surface area contributed by atoms with Crippen molar-refractivity contribution in [3.05, 3.63) is 0 Å². The average molecular weight is 257 g/mol. The van der Waals surface area contributed by atoms with E-state index in [-0.39, 0.29) is 34.6 Å². The van der Waals surface area contributed by atoms with E-state index in [1.807, 2.05) is 0 Å². The van der Waals surface area contributed by atoms with Gasteiger partial charge in [-0.2, -0.15) is 0 Å². The maximum absolute atomic E-state index is 12.0. The number of rotatable bonds is 3. The van der Waals surface area contributed by atoms with Crippen molar-refractivity contribution < 1.29 is 19.8 Å². The third-order valence-electron chi connectivity index (χ3n) is 4.23. The van der Waals surface area contributed by atoms with Gasteiger partial charge in [-0.05, 0) is 19.3 Å². The minimum Gasteiger partial charge on any atom is -0.480 e. The van der Waals surface area contributed by atoms with Crippen LogP contribution in [0.1, 0.15) is 19.3 Å². The number of carboxylic acids is 1. The summed E-state index contributed by atoms with van der Waals surface area (Å²) in [5.41, 5.74) is -0.300. The zero-order valence-corrected chi connectivity index (χ0v) is 10.1. The number of hydrogen-bond acceptors (Lipinski definition) is 4. The molecule has 0 bridgehead atoms. The smallest absolute Gasteiger partial charge is 0.316 e. The second-order valence-electron chi connectivity index (χ2n) is 5.30. The molecular weight excluding hydrogens is 242 g/mol. The molecule has 3 rings (SSSR count). The van der Waals surface area contributed by atoms with Crippen molar-refractivity contribution in [3.8, 4) is 0 Å². The summed E-state index contributed by atoms with van der Waals surface area (Å²) in [7, 11) is 0. The number of fused-ring (bicyclic) bond motifs is 1. The van der Waals surface area contributed by atoms with E-state index in [9.17, 15) is 14.7 Å². The Bertz CT molecular complexity index is 388. The van der Waals surface area contributed by atoms with Gasteiger partial charge in [0.1, 0.15) is 5.25 Å². The first-order valence-electron chi connectivity index (χ1n) is 5.86. The van der Waals surface area contributed by atoms with Gasteiger partial charge in [0.15, 0.2) is 0 Å². The first kappa shape index (κ1) is 11.3. The minimum absolute atomic E-state index is 0.0180. The number of carbonyl (C=O) groups excluding carboxylic acids is 1. The Labute approximate surface area is 103 Å².